The van der Waals surface area contributed by atoms with Crippen molar-refractivity contribution in [2.24, 2.45) is 5.73 Å². The molecule has 3 N–H and O–H groups in total. The van der Waals surface area contributed by atoms with Crippen LogP contribution in [-0.4, -0.2) is 38.2 Å². The number of anilines is 1. The van der Waals surface area contributed by atoms with Gasteiger partial charge in [-0.1, -0.05) is 6.07 Å². The normalized spacial score (nSPS) is 12.1. The van der Waals surface area contributed by atoms with Crippen LogP contribution in [0.2, 0.25) is 0 Å². The highest BCUT2D eigenvalue weighted by molar-refractivity contribution is 5.85. The van der Waals surface area contributed by atoms with Crippen LogP contribution >= 0.6 is 0 Å². The fraction of sp³-hybridized carbons (Fsp3) is 0.562. The van der Waals surface area contributed by atoms with Crippen LogP contribution in [-0.2, 0) is 4.79 Å². The first-order chi connectivity index (χ1) is 9.99. The van der Waals surface area contributed by atoms with Crippen molar-refractivity contribution in [3.8, 4) is 5.75 Å². The molecular weight excluding hydrogens is 266 g/mol. The van der Waals surface area contributed by atoms with E-state index in [1.54, 1.807) is 7.11 Å². The van der Waals surface area contributed by atoms with Gasteiger partial charge in [-0.2, -0.15) is 0 Å². The molecule has 1 atom stereocenters. The molecule has 0 aromatic heterocycles. The number of benzene rings is 1. The summed E-state index contributed by atoms with van der Waals surface area (Å²) >= 11 is 0. The first-order valence-electron chi connectivity index (χ1n) is 7.40. The molecule has 0 aliphatic carbocycles. The minimum absolute atomic E-state index is 0.0184. The van der Waals surface area contributed by atoms with E-state index in [9.17, 15) is 4.79 Å². The monoisotopic (exact) mass is 293 g/mol. The molecule has 5 nitrogen and oxygen atoms in total. The highest BCUT2D eigenvalue weighted by atomic mass is 16.5. The van der Waals surface area contributed by atoms with E-state index in [1.165, 1.54) is 0 Å². The topological polar surface area (TPSA) is 67.6 Å². The Hall–Kier alpha value is -1.75. The molecule has 118 valence electrons. The maximum absolute atomic E-state index is 12.3. The Kier molecular flexibility index (Phi) is 7.02. The van der Waals surface area contributed by atoms with E-state index in [4.69, 9.17) is 10.5 Å². The second-order valence-electron chi connectivity index (χ2n) is 5.38. The number of nitrogens with one attached hydrogen (secondary N) is 1. The van der Waals surface area contributed by atoms with Crippen LogP contribution in [0.5, 0.6) is 5.75 Å². The van der Waals surface area contributed by atoms with Crippen molar-refractivity contribution < 1.29 is 9.53 Å². The lowest BCUT2D eigenvalue weighted by atomic mass is 10.1. The third-order valence-electron chi connectivity index (χ3n) is 3.27. The number of methoxy groups -OCH3 is 1. The van der Waals surface area contributed by atoms with Gasteiger partial charge in [-0.15, -0.1) is 0 Å². The molecule has 1 aromatic carbocycles. The van der Waals surface area contributed by atoms with E-state index < -0.39 is 0 Å². The van der Waals surface area contributed by atoms with Crippen LogP contribution in [0.3, 0.4) is 0 Å². The van der Waals surface area contributed by atoms with Gasteiger partial charge in [0.25, 0.3) is 0 Å². The third kappa shape index (κ3) is 5.27. The van der Waals surface area contributed by atoms with Crippen molar-refractivity contribution in [2.45, 2.75) is 39.3 Å². The molecule has 0 radical (unpaired) electrons. The molecule has 0 aliphatic heterocycles. The summed E-state index contributed by atoms with van der Waals surface area (Å²) in [6.07, 6.45) is 0.830. The fourth-order valence-corrected chi connectivity index (χ4v) is 2.14. The van der Waals surface area contributed by atoms with Gasteiger partial charge in [0.15, 0.2) is 0 Å². The summed E-state index contributed by atoms with van der Waals surface area (Å²) in [6, 6.07) is 7.61. The molecule has 0 saturated carbocycles. The van der Waals surface area contributed by atoms with Crippen LogP contribution in [0.25, 0.3) is 0 Å². The number of nitrogens with two attached hydrogens (primary N) is 1. The van der Waals surface area contributed by atoms with Crippen molar-refractivity contribution in [1.82, 2.24) is 5.32 Å². The Balaban J connectivity index is 2.95. The molecule has 21 heavy (non-hydrogen) atoms. The zero-order chi connectivity index (χ0) is 15.8. The largest absolute Gasteiger partial charge is 0.497 e. The number of hydrogen-bond acceptors (Lipinski definition) is 4. The zero-order valence-corrected chi connectivity index (χ0v) is 13.4. The summed E-state index contributed by atoms with van der Waals surface area (Å²) in [5, 5.41) is 2.95. The molecule has 0 saturated heterocycles. The molecule has 1 aromatic rings. The molecule has 0 spiro atoms. The fourth-order valence-electron chi connectivity index (χ4n) is 2.14. The summed E-state index contributed by atoms with van der Waals surface area (Å²) in [6.45, 7) is 7.16. The van der Waals surface area contributed by atoms with Gasteiger partial charge >= 0.3 is 0 Å². The summed E-state index contributed by atoms with van der Waals surface area (Å²) in [5.41, 5.74) is 6.58. The van der Waals surface area contributed by atoms with Gasteiger partial charge in [0.1, 0.15) is 11.8 Å². The van der Waals surface area contributed by atoms with E-state index in [0.29, 0.717) is 6.54 Å². The Morgan fingerprint density at radius 2 is 2.10 bits per heavy atom. The molecule has 0 heterocycles. The van der Waals surface area contributed by atoms with Gasteiger partial charge < -0.3 is 20.7 Å². The lowest BCUT2D eigenvalue weighted by molar-refractivity contribution is -0.122. The Labute approximate surface area is 127 Å². The number of amides is 1. The SMILES string of the molecule is COc1cccc(N(CCCN)C(C)C(=O)NC(C)C)c1. The van der Waals surface area contributed by atoms with E-state index in [0.717, 1.165) is 24.4 Å². The summed E-state index contributed by atoms with van der Waals surface area (Å²) in [7, 11) is 1.64. The molecule has 0 bridgehead atoms. The van der Waals surface area contributed by atoms with Crippen LogP contribution in [0.15, 0.2) is 24.3 Å². The summed E-state index contributed by atoms with van der Waals surface area (Å²) in [4.78, 5) is 14.3. The van der Waals surface area contributed by atoms with Gasteiger partial charge in [0, 0.05) is 24.3 Å². The third-order valence-corrected chi connectivity index (χ3v) is 3.27. The predicted molar refractivity (Wildman–Crippen MR) is 86.8 cm³/mol. The van der Waals surface area contributed by atoms with Crippen molar-refractivity contribution in [2.75, 3.05) is 25.1 Å². The molecular formula is C16H27N3O2. The molecule has 0 fully saturated rings. The van der Waals surface area contributed by atoms with Gasteiger partial charge in [-0.3, -0.25) is 4.79 Å². The van der Waals surface area contributed by atoms with Gasteiger partial charge in [0.05, 0.1) is 7.11 Å². The predicted octanol–water partition coefficient (Wildman–Crippen LogP) is 1.76. The second kappa shape index (κ2) is 8.52. The van der Waals surface area contributed by atoms with Crippen LogP contribution < -0.4 is 20.7 Å². The highest BCUT2D eigenvalue weighted by Crippen LogP contribution is 2.23. The molecule has 1 rings (SSSR count). The Bertz CT molecular complexity index is 449. The number of rotatable bonds is 8. The van der Waals surface area contributed by atoms with Crippen LogP contribution in [0.4, 0.5) is 5.69 Å². The number of ether oxygens (including phenoxy) is 1. The van der Waals surface area contributed by atoms with Gasteiger partial charge in [0.2, 0.25) is 5.91 Å². The van der Waals surface area contributed by atoms with Crippen LogP contribution in [0, 0.1) is 0 Å². The highest BCUT2D eigenvalue weighted by Gasteiger charge is 2.22. The maximum Gasteiger partial charge on any atom is 0.242 e. The van der Waals surface area contributed by atoms with Gasteiger partial charge in [-0.05, 0) is 45.9 Å². The molecule has 0 aliphatic rings. The van der Waals surface area contributed by atoms with E-state index in [1.807, 2.05) is 45.0 Å². The first kappa shape index (κ1) is 17.3. The van der Waals surface area contributed by atoms with Crippen molar-refractivity contribution in [1.29, 1.82) is 0 Å². The number of hydrogen-bond donors (Lipinski definition) is 2. The number of carbonyl (C=O) groups is 1. The number of nitrogens with zero attached hydrogens (tertiary/aromatic N) is 1. The molecule has 5 heteroatoms. The lowest BCUT2D eigenvalue weighted by Crippen LogP contribution is -2.47. The van der Waals surface area contributed by atoms with E-state index in [-0.39, 0.29) is 18.0 Å². The van der Waals surface area contributed by atoms with E-state index >= 15 is 0 Å². The quantitative estimate of drug-likeness (QED) is 0.766. The standard InChI is InChI=1S/C16H27N3O2/c1-12(2)18-16(20)13(3)19(10-6-9-17)14-7-5-8-15(11-14)21-4/h5,7-8,11-13H,6,9-10,17H2,1-4H3,(H,18,20). The smallest absolute Gasteiger partial charge is 0.242 e. The molecule has 1 unspecified atom stereocenters. The van der Waals surface area contributed by atoms with Crippen LogP contribution in [0.1, 0.15) is 27.2 Å². The maximum atomic E-state index is 12.3. The number of carbonyl (C=O) groups excluding carboxylic acids is 1. The average Bonchev–Trinajstić information content (AvgIpc) is 2.47. The minimum Gasteiger partial charge on any atom is -0.497 e. The second-order valence-corrected chi connectivity index (χ2v) is 5.38. The zero-order valence-electron chi connectivity index (χ0n) is 13.4. The van der Waals surface area contributed by atoms with Gasteiger partial charge in [-0.25, -0.2) is 0 Å². The van der Waals surface area contributed by atoms with Crippen molar-refractivity contribution >= 4 is 11.6 Å². The van der Waals surface area contributed by atoms with E-state index in [2.05, 4.69) is 10.2 Å². The lowest BCUT2D eigenvalue weighted by Gasteiger charge is -2.31. The Morgan fingerprint density at radius 3 is 2.67 bits per heavy atom. The summed E-state index contributed by atoms with van der Waals surface area (Å²) < 4.78 is 5.26. The van der Waals surface area contributed by atoms with Crippen molar-refractivity contribution in [3.05, 3.63) is 24.3 Å². The Morgan fingerprint density at radius 1 is 1.38 bits per heavy atom. The molecule has 1 amide bonds. The van der Waals surface area contributed by atoms with Crippen molar-refractivity contribution in [3.63, 3.8) is 0 Å². The minimum atomic E-state index is -0.258. The first-order valence-corrected chi connectivity index (χ1v) is 7.40. The summed E-state index contributed by atoms with van der Waals surface area (Å²) in [5.74, 6) is 0.798. The average molecular weight is 293 g/mol.